The van der Waals surface area contributed by atoms with Crippen LogP contribution in [-0.2, 0) is 22.2 Å². The highest BCUT2D eigenvalue weighted by atomic mass is 32.1. The van der Waals surface area contributed by atoms with E-state index < -0.39 is 11.7 Å². The lowest BCUT2D eigenvalue weighted by Crippen LogP contribution is -2.36. The van der Waals surface area contributed by atoms with Gasteiger partial charge in [-0.2, -0.15) is 13.2 Å². The van der Waals surface area contributed by atoms with Gasteiger partial charge >= 0.3 is 6.18 Å². The van der Waals surface area contributed by atoms with Gasteiger partial charge in [0.1, 0.15) is 5.00 Å². The van der Waals surface area contributed by atoms with Crippen LogP contribution in [0.1, 0.15) is 41.1 Å². The van der Waals surface area contributed by atoms with Gasteiger partial charge in [-0.3, -0.25) is 9.59 Å². The third-order valence-corrected chi connectivity index (χ3v) is 6.57. The monoisotopic (exact) mass is 461 g/mol. The fraction of sp³-hybridized carbons (Fsp3) is 0.348. The molecule has 0 radical (unpaired) electrons. The largest absolute Gasteiger partial charge is 0.416 e. The number of amides is 2. The van der Waals surface area contributed by atoms with Crippen LogP contribution in [0, 0.1) is 6.92 Å². The quantitative estimate of drug-likeness (QED) is 0.691. The van der Waals surface area contributed by atoms with Crippen LogP contribution in [0.3, 0.4) is 0 Å². The molecule has 1 N–H and O–H groups in total. The topological polar surface area (TPSA) is 62.3 Å². The molecule has 9 heteroatoms. The SMILES string of the molecule is Cc1nc(Cc2cccc(C(F)(F)F)c2)sc1NC(=O)C1=C[C@H](N2CCCC2=O)CC=C1. The summed E-state index contributed by atoms with van der Waals surface area (Å²) < 4.78 is 38.8. The predicted molar refractivity (Wildman–Crippen MR) is 116 cm³/mol. The number of halogens is 3. The first kappa shape index (κ1) is 22.3. The number of nitrogens with zero attached hydrogens (tertiary/aromatic N) is 2. The summed E-state index contributed by atoms with van der Waals surface area (Å²) in [5.41, 5.74) is 0.895. The standard InChI is InChI=1S/C23H22F3N3O2S/c1-14-22(32-19(27-14)12-15-5-2-7-17(11-15)23(24,25)26)28-21(31)16-6-3-8-18(13-16)29-10-4-9-20(29)30/h2-3,5-7,11,13,18H,4,8-10,12H2,1H3,(H,28,31)/t18-/m1/s1. The van der Waals surface area contributed by atoms with Crippen molar-refractivity contribution in [1.82, 2.24) is 9.88 Å². The van der Waals surface area contributed by atoms with Crippen LogP contribution in [-0.4, -0.2) is 34.3 Å². The predicted octanol–water partition coefficient (Wildman–Crippen LogP) is 4.88. The maximum Gasteiger partial charge on any atom is 0.416 e. The molecule has 0 unspecified atom stereocenters. The molecule has 2 aromatic rings. The first-order valence-electron chi connectivity index (χ1n) is 10.3. The highest BCUT2D eigenvalue weighted by molar-refractivity contribution is 7.16. The molecule has 0 bridgehead atoms. The molecule has 2 aliphatic rings. The van der Waals surface area contributed by atoms with Crippen LogP contribution < -0.4 is 5.32 Å². The molecule has 1 aliphatic carbocycles. The van der Waals surface area contributed by atoms with Crippen molar-refractivity contribution in [3.63, 3.8) is 0 Å². The van der Waals surface area contributed by atoms with E-state index in [9.17, 15) is 22.8 Å². The van der Waals surface area contributed by atoms with E-state index in [2.05, 4.69) is 10.3 Å². The first-order chi connectivity index (χ1) is 15.2. The number of carbonyl (C=O) groups is 2. The summed E-state index contributed by atoms with van der Waals surface area (Å²) in [6.07, 6.45) is 3.37. The van der Waals surface area contributed by atoms with Gasteiger partial charge in [-0.15, -0.1) is 11.3 Å². The molecule has 5 nitrogen and oxygen atoms in total. The fourth-order valence-electron chi connectivity index (χ4n) is 3.91. The Hall–Kier alpha value is -2.94. The number of aromatic nitrogens is 1. The molecular formula is C23H22F3N3O2S. The summed E-state index contributed by atoms with van der Waals surface area (Å²) in [6.45, 7) is 2.45. The minimum absolute atomic E-state index is 0.110. The summed E-state index contributed by atoms with van der Waals surface area (Å²) in [7, 11) is 0. The van der Waals surface area contributed by atoms with Gasteiger partial charge in [0.15, 0.2) is 0 Å². The third-order valence-electron chi connectivity index (χ3n) is 5.50. The minimum atomic E-state index is -4.40. The van der Waals surface area contributed by atoms with E-state index in [1.165, 1.54) is 17.4 Å². The van der Waals surface area contributed by atoms with Crippen molar-refractivity contribution in [2.75, 3.05) is 11.9 Å². The van der Waals surface area contributed by atoms with Crippen molar-refractivity contribution >= 4 is 28.2 Å². The molecule has 4 rings (SSSR count). The molecule has 0 spiro atoms. The molecule has 1 aromatic carbocycles. The molecule has 1 aromatic heterocycles. The lowest BCUT2D eigenvalue weighted by atomic mass is 10.0. The molecule has 0 saturated carbocycles. The summed E-state index contributed by atoms with van der Waals surface area (Å²) >= 11 is 1.25. The van der Waals surface area contributed by atoms with Crippen LogP contribution in [0.2, 0.25) is 0 Å². The Kier molecular flexibility index (Phi) is 6.19. The Morgan fingerprint density at radius 1 is 1.34 bits per heavy atom. The van der Waals surface area contributed by atoms with Crippen LogP contribution in [0.4, 0.5) is 18.2 Å². The number of nitrogens with one attached hydrogen (secondary N) is 1. The second-order valence-corrected chi connectivity index (χ2v) is 8.95. The number of hydrogen-bond acceptors (Lipinski definition) is 4. The second kappa shape index (κ2) is 8.90. The van der Waals surface area contributed by atoms with E-state index in [0.717, 1.165) is 18.6 Å². The maximum absolute atomic E-state index is 12.9. The summed E-state index contributed by atoms with van der Waals surface area (Å²) in [5, 5.41) is 4.04. The van der Waals surface area contributed by atoms with E-state index in [-0.39, 0.29) is 24.3 Å². The molecule has 1 saturated heterocycles. The molecule has 1 aliphatic heterocycles. The van der Waals surface area contributed by atoms with Gasteiger partial charge in [-0.1, -0.05) is 30.4 Å². The summed E-state index contributed by atoms with van der Waals surface area (Å²) in [5.74, 6) is -0.186. The molecule has 2 heterocycles. The van der Waals surface area contributed by atoms with Gasteiger partial charge in [0.2, 0.25) is 5.91 Å². The number of rotatable bonds is 5. The average molecular weight is 462 g/mol. The van der Waals surface area contributed by atoms with E-state index >= 15 is 0 Å². The zero-order valence-electron chi connectivity index (χ0n) is 17.4. The Morgan fingerprint density at radius 3 is 2.88 bits per heavy atom. The molecule has 1 fully saturated rings. The average Bonchev–Trinajstić information content (AvgIpc) is 3.32. The number of benzene rings is 1. The van der Waals surface area contributed by atoms with Crippen LogP contribution in [0.5, 0.6) is 0 Å². The van der Waals surface area contributed by atoms with Crippen LogP contribution >= 0.6 is 11.3 Å². The third kappa shape index (κ3) is 4.93. The summed E-state index contributed by atoms with van der Waals surface area (Å²) in [6, 6.07) is 5.05. The number of carbonyl (C=O) groups excluding carboxylic acids is 2. The Bertz CT molecular complexity index is 1100. The van der Waals surface area contributed by atoms with E-state index in [0.29, 0.717) is 46.2 Å². The second-order valence-electron chi connectivity index (χ2n) is 7.87. The highest BCUT2D eigenvalue weighted by Crippen LogP contribution is 2.31. The zero-order valence-corrected chi connectivity index (χ0v) is 18.2. The van der Waals surface area contributed by atoms with Crippen molar-refractivity contribution < 1.29 is 22.8 Å². The number of aryl methyl sites for hydroxylation is 1. The molecular weight excluding hydrogens is 439 g/mol. The van der Waals surface area contributed by atoms with Gasteiger partial charge in [0.05, 0.1) is 22.3 Å². The molecule has 1 atom stereocenters. The first-order valence-corrected chi connectivity index (χ1v) is 11.1. The molecule has 168 valence electrons. The van der Waals surface area contributed by atoms with E-state index in [1.807, 2.05) is 17.1 Å². The smallest absolute Gasteiger partial charge is 0.336 e. The molecule has 2 amide bonds. The Balaban J connectivity index is 1.45. The number of anilines is 1. The van der Waals surface area contributed by atoms with E-state index in [4.69, 9.17) is 0 Å². The van der Waals surface area contributed by atoms with Crippen molar-refractivity contribution in [2.45, 2.75) is 44.8 Å². The normalized spacial score (nSPS) is 18.8. The van der Waals surface area contributed by atoms with Crippen molar-refractivity contribution in [2.24, 2.45) is 0 Å². The summed E-state index contributed by atoms with van der Waals surface area (Å²) in [4.78, 5) is 31.0. The van der Waals surface area contributed by atoms with Gasteiger partial charge in [-0.05, 0) is 37.5 Å². The van der Waals surface area contributed by atoms with Gasteiger partial charge in [0.25, 0.3) is 5.91 Å². The fourth-order valence-corrected chi connectivity index (χ4v) is 4.90. The lowest BCUT2D eigenvalue weighted by molar-refractivity contribution is -0.137. The number of alkyl halides is 3. The van der Waals surface area contributed by atoms with Gasteiger partial charge < -0.3 is 10.2 Å². The van der Waals surface area contributed by atoms with Crippen molar-refractivity contribution in [1.29, 1.82) is 0 Å². The maximum atomic E-state index is 12.9. The Labute approximate surface area is 187 Å². The zero-order chi connectivity index (χ0) is 22.9. The van der Waals surface area contributed by atoms with Gasteiger partial charge in [-0.25, -0.2) is 4.98 Å². The Morgan fingerprint density at radius 2 is 2.16 bits per heavy atom. The number of likely N-dealkylation sites (tertiary alicyclic amines) is 1. The van der Waals surface area contributed by atoms with Crippen molar-refractivity contribution in [3.8, 4) is 0 Å². The van der Waals surface area contributed by atoms with Gasteiger partial charge in [0, 0.05) is 25.0 Å². The van der Waals surface area contributed by atoms with Crippen LogP contribution in [0.25, 0.3) is 0 Å². The highest BCUT2D eigenvalue weighted by Gasteiger charge is 2.30. The minimum Gasteiger partial charge on any atom is -0.336 e. The molecule has 32 heavy (non-hydrogen) atoms. The van der Waals surface area contributed by atoms with Crippen LogP contribution in [0.15, 0.2) is 48.1 Å². The number of thiazole rings is 1. The van der Waals surface area contributed by atoms with Crippen molar-refractivity contribution in [3.05, 3.63) is 69.9 Å². The number of hydrogen-bond donors (Lipinski definition) is 1. The lowest BCUT2D eigenvalue weighted by Gasteiger charge is -2.26. The van der Waals surface area contributed by atoms with E-state index in [1.54, 1.807) is 19.1 Å².